The first-order valence-corrected chi connectivity index (χ1v) is 14.5. The summed E-state index contributed by atoms with van der Waals surface area (Å²) in [5.74, 6) is 0.947. The summed E-state index contributed by atoms with van der Waals surface area (Å²) in [4.78, 5) is 32.6. The van der Waals surface area contributed by atoms with E-state index >= 15 is 0 Å². The molecule has 0 bridgehead atoms. The minimum atomic E-state index is -0.698. The zero-order valence-corrected chi connectivity index (χ0v) is 25.1. The predicted molar refractivity (Wildman–Crippen MR) is 163 cm³/mol. The van der Waals surface area contributed by atoms with Gasteiger partial charge in [-0.1, -0.05) is 30.3 Å². The van der Waals surface area contributed by atoms with Gasteiger partial charge < -0.3 is 33.9 Å². The Morgan fingerprint density at radius 2 is 1.60 bits per heavy atom. The molecule has 2 atom stereocenters. The van der Waals surface area contributed by atoms with Crippen LogP contribution in [0.4, 0.5) is 5.69 Å². The molecule has 0 aliphatic carbocycles. The second-order valence-electron chi connectivity index (χ2n) is 10.4. The Kier molecular flexibility index (Phi) is 9.68. The fourth-order valence-corrected chi connectivity index (χ4v) is 5.87. The van der Waals surface area contributed by atoms with E-state index in [0.717, 1.165) is 24.4 Å². The monoisotopic (exact) mass is 589 g/mol. The number of amides is 2. The largest absolute Gasteiger partial charge is 0.494 e. The normalized spacial score (nSPS) is 18.5. The van der Waals surface area contributed by atoms with Crippen LogP contribution in [0.25, 0.3) is 0 Å². The standard InChI is InChI=1S/C33H39N3O7/c1-5-43-24-12-10-22(11-13-24)30-29(32(37)34-23-20-27(39-2)31(41-4)28(21-23)40-3)25-8-6-7-9-26(25)33(38)36(30)15-14-35-16-18-42-19-17-35/h6-13,20-21,29-30H,5,14-19H2,1-4H3,(H,34,37). The van der Waals surface area contributed by atoms with Gasteiger partial charge in [0.2, 0.25) is 11.7 Å². The molecule has 3 aromatic carbocycles. The van der Waals surface area contributed by atoms with Crippen LogP contribution >= 0.6 is 0 Å². The maximum absolute atomic E-state index is 14.4. The van der Waals surface area contributed by atoms with Crippen molar-refractivity contribution in [3.8, 4) is 23.0 Å². The van der Waals surface area contributed by atoms with Gasteiger partial charge in [-0.05, 0) is 36.2 Å². The molecule has 2 aliphatic heterocycles. The average molecular weight is 590 g/mol. The molecule has 228 valence electrons. The number of benzene rings is 3. The number of hydrogen-bond donors (Lipinski definition) is 1. The maximum Gasteiger partial charge on any atom is 0.254 e. The topological polar surface area (TPSA) is 98.8 Å². The smallest absolute Gasteiger partial charge is 0.254 e. The number of nitrogens with zero attached hydrogens (tertiary/aromatic N) is 2. The van der Waals surface area contributed by atoms with E-state index in [1.54, 1.807) is 18.2 Å². The van der Waals surface area contributed by atoms with E-state index in [1.165, 1.54) is 21.3 Å². The van der Waals surface area contributed by atoms with Gasteiger partial charge in [0.05, 0.1) is 53.1 Å². The number of hydrogen-bond acceptors (Lipinski definition) is 8. The van der Waals surface area contributed by atoms with Gasteiger partial charge in [-0.2, -0.15) is 0 Å². The van der Waals surface area contributed by atoms with Crippen LogP contribution in [0.1, 0.15) is 40.4 Å². The van der Waals surface area contributed by atoms with Crippen LogP contribution in [0, 0.1) is 0 Å². The third-order valence-corrected chi connectivity index (χ3v) is 7.95. The Balaban J connectivity index is 1.56. The van der Waals surface area contributed by atoms with Gasteiger partial charge in [-0.25, -0.2) is 0 Å². The Bertz CT molecular complexity index is 1400. The Morgan fingerprint density at radius 1 is 0.930 bits per heavy atom. The highest BCUT2D eigenvalue weighted by Crippen LogP contribution is 2.45. The first kappa shape index (κ1) is 30.2. The SMILES string of the molecule is CCOc1ccc(C2C(C(=O)Nc3cc(OC)c(OC)c(OC)c3)c3ccccc3C(=O)N2CCN2CCOCC2)cc1. The van der Waals surface area contributed by atoms with Gasteiger partial charge in [-0.15, -0.1) is 0 Å². The Hall–Kier alpha value is -4.28. The van der Waals surface area contributed by atoms with Crippen LogP contribution in [-0.4, -0.2) is 88.9 Å². The number of fused-ring (bicyclic) bond motifs is 1. The lowest BCUT2D eigenvalue weighted by atomic mass is 9.79. The molecule has 2 aliphatic rings. The number of nitrogens with one attached hydrogen (secondary N) is 1. The van der Waals surface area contributed by atoms with E-state index in [1.807, 2.05) is 54.3 Å². The number of methoxy groups -OCH3 is 3. The first-order valence-electron chi connectivity index (χ1n) is 14.5. The van der Waals surface area contributed by atoms with Crippen LogP contribution < -0.4 is 24.3 Å². The molecular weight excluding hydrogens is 550 g/mol. The number of carbonyl (C=O) groups excluding carboxylic acids is 2. The number of anilines is 1. The molecule has 0 saturated carbocycles. The summed E-state index contributed by atoms with van der Waals surface area (Å²) in [6.07, 6.45) is 0. The van der Waals surface area contributed by atoms with Crippen LogP contribution in [0.2, 0.25) is 0 Å². The Labute approximate surface area is 252 Å². The van der Waals surface area contributed by atoms with Crippen molar-refractivity contribution in [2.45, 2.75) is 18.9 Å². The summed E-state index contributed by atoms with van der Waals surface area (Å²) in [6.45, 7) is 6.54. The van der Waals surface area contributed by atoms with Crippen molar-refractivity contribution in [3.63, 3.8) is 0 Å². The molecule has 2 heterocycles. The Morgan fingerprint density at radius 3 is 2.23 bits per heavy atom. The minimum Gasteiger partial charge on any atom is -0.494 e. The molecule has 2 amide bonds. The summed E-state index contributed by atoms with van der Waals surface area (Å²) in [5.41, 5.74) is 2.54. The number of carbonyl (C=O) groups is 2. The quantitative estimate of drug-likeness (QED) is 0.352. The van der Waals surface area contributed by atoms with Gasteiger partial charge in [0.25, 0.3) is 5.91 Å². The van der Waals surface area contributed by atoms with Crippen LogP contribution in [0.3, 0.4) is 0 Å². The molecule has 0 spiro atoms. The van der Waals surface area contributed by atoms with Crippen LogP contribution in [0.5, 0.6) is 23.0 Å². The number of morpholine rings is 1. The second-order valence-corrected chi connectivity index (χ2v) is 10.4. The molecule has 10 nitrogen and oxygen atoms in total. The third-order valence-electron chi connectivity index (χ3n) is 7.95. The zero-order chi connectivity index (χ0) is 30.3. The summed E-state index contributed by atoms with van der Waals surface area (Å²) in [5, 5.41) is 3.08. The van der Waals surface area contributed by atoms with Gasteiger partial charge in [0.15, 0.2) is 11.5 Å². The van der Waals surface area contributed by atoms with Crippen molar-refractivity contribution < 1.29 is 33.3 Å². The van der Waals surface area contributed by atoms with Crippen molar-refractivity contribution in [2.24, 2.45) is 0 Å². The summed E-state index contributed by atoms with van der Waals surface area (Å²) >= 11 is 0. The highest BCUT2D eigenvalue weighted by molar-refractivity contribution is 6.04. The molecule has 0 radical (unpaired) electrons. The maximum atomic E-state index is 14.4. The molecule has 1 N–H and O–H groups in total. The van der Waals surface area contributed by atoms with Gasteiger partial charge in [0.1, 0.15) is 5.75 Å². The lowest BCUT2D eigenvalue weighted by Gasteiger charge is -2.43. The highest BCUT2D eigenvalue weighted by Gasteiger charge is 2.44. The highest BCUT2D eigenvalue weighted by atomic mass is 16.5. The van der Waals surface area contributed by atoms with Crippen molar-refractivity contribution in [1.82, 2.24) is 9.80 Å². The molecule has 2 unspecified atom stereocenters. The molecule has 10 heteroatoms. The van der Waals surface area contributed by atoms with E-state index in [4.69, 9.17) is 23.7 Å². The van der Waals surface area contributed by atoms with E-state index < -0.39 is 12.0 Å². The van der Waals surface area contributed by atoms with Crippen molar-refractivity contribution in [1.29, 1.82) is 0 Å². The first-order chi connectivity index (χ1) is 21.0. The van der Waals surface area contributed by atoms with Gasteiger partial charge in [-0.3, -0.25) is 14.5 Å². The van der Waals surface area contributed by atoms with E-state index in [9.17, 15) is 9.59 Å². The van der Waals surface area contributed by atoms with E-state index in [2.05, 4.69) is 10.2 Å². The predicted octanol–water partition coefficient (Wildman–Crippen LogP) is 4.36. The van der Waals surface area contributed by atoms with Crippen LogP contribution in [-0.2, 0) is 9.53 Å². The van der Waals surface area contributed by atoms with E-state index in [-0.39, 0.29) is 11.8 Å². The van der Waals surface area contributed by atoms with Gasteiger partial charge in [0, 0.05) is 49.6 Å². The van der Waals surface area contributed by atoms with E-state index in [0.29, 0.717) is 67.0 Å². The lowest BCUT2D eigenvalue weighted by Crippen LogP contribution is -2.49. The molecule has 3 aromatic rings. The third kappa shape index (κ3) is 6.40. The summed E-state index contributed by atoms with van der Waals surface area (Å²) in [6, 6.07) is 17.9. The second kappa shape index (κ2) is 13.8. The van der Waals surface area contributed by atoms with Crippen molar-refractivity contribution >= 4 is 17.5 Å². The molecule has 0 aromatic heterocycles. The summed E-state index contributed by atoms with van der Waals surface area (Å²) < 4.78 is 27.7. The summed E-state index contributed by atoms with van der Waals surface area (Å²) in [7, 11) is 4.59. The fraction of sp³-hybridized carbons (Fsp3) is 0.394. The average Bonchev–Trinajstić information content (AvgIpc) is 3.04. The molecular formula is C33H39N3O7. The zero-order valence-electron chi connectivity index (χ0n) is 25.1. The minimum absolute atomic E-state index is 0.0976. The fourth-order valence-electron chi connectivity index (χ4n) is 5.87. The molecule has 43 heavy (non-hydrogen) atoms. The van der Waals surface area contributed by atoms with Crippen LogP contribution in [0.15, 0.2) is 60.7 Å². The van der Waals surface area contributed by atoms with Gasteiger partial charge >= 0.3 is 0 Å². The van der Waals surface area contributed by atoms with Crippen molar-refractivity contribution in [3.05, 3.63) is 77.4 Å². The molecule has 1 saturated heterocycles. The number of rotatable bonds is 11. The molecule has 1 fully saturated rings. The molecule has 5 rings (SSSR count). The van der Waals surface area contributed by atoms with Crippen molar-refractivity contribution in [2.75, 3.05) is 72.6 Å². The lowest BCUT2D eigenvalue weighted by molar-refractivity contribution is -0.119. The number of ether oxygens (including phenoxy) is 5.